The molecule has 72 valence electrons. The van der Waals surface area contributed by atoms with E-state index in [0.29, 0.717) is 6.61 Å². The molecule has 1 rings (SSSR count). The van der Waals surface area contributed by atoms with Gasteiger partial charge in [-0.05, 0) is 31.9 Å². The Morgan fingerprint density at radius 3 is 2.69 bits per heavy atom. The maximum absolute atomic E-state index is 5.73. The number of ether oxygens (including phenoxy) is 1. The van der Waals surface area contributed by atoms with Crippen molar-refractivity contribution in [3.63, 3.8) is 0 Å². The fraction of sp³-hybridized carbons (Fsp3) is 0.455. The van der Waals surface area contributed by atoms with E-state index in [2.05, 4.69) is 6.07 Å². The summed E-state index contributed by atoms with van der Waals surface area (Å²) < 4.78 is 5.48. The largest absolute Gasteiger partial charge is 0.494 e. The first-order chi connectivity index (χ1) is 6.24. The maximum Gasteiger partial charge on any atom is 0.122 e. The van der Waals surface area contributed by atoms with Crippen LogP contribution >= 0.6 is 0 Å². The molecule has 0 aliphatic rings. The number of nitrogens with two attached hydrogens (primary N) is 1. The van der Waals surface area contributed by atoms with Crippen LogP contribution in [0.5, 0.6) is 5.75 Å². The molecule has 0 aliphatic heterocycles. The molecule has 0 heterocycles. The Balaban J connectivity index is 2.78. The van der Waals surface area contributed by atoms with Crippen LogP contribution in [-0.4, -0.2) is 12.6 Å². The lowest BCUT2D eigenvalue weighted by Crippen LogP contribution is -2.18. The predicted octanol–water partition coefficient (Wildman–Crippen LogP) is 1.98. The zero-order valence-electron chi connectivity index (χ0n) is 8.29. The van der Waals surface area contributed by atoms with E-state index in [1.54, 1.807) is 0 Å². The average molecular weight is 179 g/mol. The van der Waals surface area contributed by atoms with Crippen LogP contribution in [0.4, 0.5) is 0 Å². The van der Waals surface area contributed by atoms with Crippen molar-refractivity contribution in [2.45, 2.75) is 26.3 Å². The van der Waals surface area contributed by atoms with E-state index in [-0.39, 0.29) is 6.04 Å². The van der Waals surface area contributed by atoms with Gasteiger partial charge in [0.05, 0.1) is 6.61 Å². The van der Waals surface area contributed by atoms with Crippen molar-refractivity contribution < 1.29 is 4.74 Å². The van der Waals surface area contributed by atoms with Crippen LogP contribution in [0.25, 0.3) is 0 Å². The Morgan fingerprint density at radius 2 is 2.08 bits per heavy atom. The Hall–Kier alpha value is -1.02. The van der Waals surface area contributed by atoms with Gasteiger partial charge in [0.15, 0.2) is 0 Å². The highest BCUT2D eigenvalue weighted by Crippen LogP contribution is 2.18. The highest BCUT2D eigenvalue weighted by atomic mass is 16.5. The number of benzene rings is 1. The normalized spacial score (nSPS) is 12.5. The van der Waals surface area contributed by atoms with Crippen LogP contribution in [0.2, 0.25) is 0 Å². The van der Waals surface area contributed by atoms with E-state index in [9.17, 15) is 0 Å². The van der Waals surface area contributed by atoms with Crippen molar-refractivity contribution in [3.05, 3.63) is 29.8 Å². The van der Waals surface area contributed by atoms with E-state index in [1.807, 2.05) is 32.0 Å². The molecule has 0 spiro atoms. The molecule has 0 fully saturated rings. The highest BCUT2D eigenvalue weighted by Gasteiger charge is 2.03. The van der Waals surface area contributed by atoms with Gasteiger partial charge in [-0.1, -0.05) is 18.2 Å². The monoisotopic (exact) mass is 179 g/mol. The highest BCUT2D eigenvalue weighted by molar-refractivity contribution is 5.33. The second-order valence-corrected chi connectivity index (χ2v) is 3.22. The van der Waals surface area contributed by atoms with Crippen molar-refractivity contribution >= 4 is 0 Å². The van der Waals surface area contributed by atoms with Crippen LogP contribution in [0.1, 0.15) is 19.4 Å². The zero-order valence-corrected chi connectivity index (χ0v) is 8.29. The summed E-state index contributed by atoms with van der Waals surface area (Å²) in [5.41, 5.74) is 6.93. The average Bonchev–Trinajstić information content (AvgIpc) is 2.08. The molecule has 0 unspecified atom stereocenters. The van der Waals surface area contributed by atoms with Gasteiger partial charge in [0.25, 0.3) is 0 Å². The summed E-state index contributed by atoms with van der Waals surface area (Å²) in [5, 5.41) is 0. The minimum absolute atomic E-state index is 0.182. The number of hydrogen-bond acceptors (Lipinski definition) is 2. The van der Waals surface area contributed by atoms with E-state index >= 15 is 0 Å². The van der Waals surface area contributed by atoms with Gasteiger partial charge in [0.2, 0.25) is 0 Å². The molecule has 1 aromatic carbocycles. The zero-order chi connectivity index (χ0) is 9.68. The van der Waals surface area contributed by atoms with Gasteiger partial charge in [0.1, 0.15) is 5.75 Å². The minimum Gasteiger partial charge on any atom is -0.494 e. The third-order valence-electron chi connectivity index (χ3n) is 1.81. The molecule has 0 aliphatic carbocycles. The van der Waals surface area contributed by atoms with Gasteiger partial charge in [0, 0.05) is 6.04 Å². The molecule has 0 saturated carbocycles. The summed E-state index contributed by atoms with van der Waals surface area (Å²) in [6.45, 7) is 4.70. The molecule has 2 nitrogen and oxygen atoms in total. The lowest BCUT2D eigenvalue weighted by Gasteiger charge is -2.11. The molecular weight excluding hydrogens is 162 g/mol. The summed E-state index contributed by atoms with van der Waals surface area (Å²) >= 11 is 0. The maximum atomic E-state index is 5.73. The van der Waals surface area contributed by atoms with Crippen LogP contribution in [0, 0.1) is 0 Å². The van der Waals surface area contributed by atoms with Crippen LogP contribution < -0.4 is 10.5 Å². The first kappa shape index (κ1) is 10.1. The van der Waals surface area contributed by atoms with Crippen LogP contribution in [-0.2, 0) is 6.42 Å². The van der Waals surface area contributed by atoms with Gasteiger partial charge in [-0.25, -0.2) is 0 Å². The molecule has 2 N–H and O–H groups in total. The van der Waals surface area contributed by atoms with Crippen LogP contribution in [0.3, 0.4) is 0 Å². The summed E-state index contributed by atoms with van der Waals surface area (Å²) in [7, 11) is 0. The molecule has 13 heavy (non-hydrogen) atoms. The van der Waals surface area contributed by atoms with E-state index in [0.717, 1.165) is 12.2 Å². The van der Waals surface area contributed by atoms with Gasteiger partial charge < -0.3 is 10.5 Å². The molecule has 0 amide bonds. The molecule has 0 radical (unpaired) electrons. The first-order valence-electron chi connectivity index (χ1n) is 4.70. The molecule has 2 heteroatoms. The van der Waals surface area contributed by atoms with Gasteiger partial charge in [-0.15, -0.1) is 0 Å². The summed E-state index contributed by atoms with van der Waals surface area (Å²) in [6, 6.07) is 8.23. The molecule has 1 aromatic rings. The summed E-state index contributed by atoms with van der Waals surface area (Å²) in [4.78, 5) is 0. The van der Waals surface area contributed by atoms with Crippen molar-refractivity contribution in [1.82, 2.24) is 0 Å². The molecular formula is C11H17NO. The van der Waals surface area contributed by atoms with Gasteiger partial charge >= 0.3 is 0 Å². The van der Waals surface area contributed by atoms with Gasteiger partial charge in [-0.2, -0.15) is 0 Å². The third kappa shape index (κ3) is 3.07. The topological polar surface area (TPSA) is 35.2 Å². The lowest BCUT2D eigenvalue weighted by atomic mass is 10.1. The number of hydrogen-bond donors (Lipinski definition) is 1. The van der Waals surface area contributed by atoms with E-state index in [4.69, 9.17) is 10.5 Å². The smallest absolute Gasteiger partial charge is 0.122 e. The van der Waals surface area contributed by atoms with Crippen molar-refractivity contribution in [3.8, 4) is 5.75 Å². The summed E-state index contributed by atoms with van der Waals surface area (Å²) in [6.07, 6.45) is 0.871. The molecule has 1 atom stereocenters. The third-order valence-corrected chi connectivity index (χ3v) is 1.81. The fourth-order valence-electron chi connectivity index (χ4n) is 1.32. The van der Waals surface area contributed by atoms with Crippen molar-refractivity contribution in [2.75, 3.05) is 6.61 Å². The minimum atomic E-state index is 0.182. The Bertz CT molecular complexity index is 258. The fourth-order valence-corrected chi connectivity index (χ4v) is 1.32. The Labute approximate surface area is 79.7 Å². The quantitative estimate of drug-likeness (QED) is 0.767. The second-order valence-electron chi connectivity index (χ2n) is 3.22. The lowest BCUT2D eigenvalue weighted by molar-refractivity contribution is 0.336. The first-order valence-corrected chi connectivity index (χ1v) is 4.70. The Kier molecular flexibility index (Phi) is 3.77. The van der Waals surface area contributed by atoms with E-state index < -0.39 is 0 Å². The molecule has 0 bridgehead atoms. The van der Waals surface area contributed by atoms with Crippen molar-refractivity contribution in [1.29, 1.82) is 0 Å². The van der Waals surface area contributed by atoms with E-state index in [1.165, 1.54) is 5.56 Å². The summed E-state index contributed by atoms with van der Waals surface area (Å²) in [5.74, 6) is 0.960. The van der Waals surface area contributed by atoms with Crippen molar-refractivity contribution in [2.24, 2.45) is 5.73 Å². The predicted molar refractivity (Wildman–Crippen MR) is 55.0 cm³/mol. The Morgan fingerprint density at radius 1 is 1.38 bits per heavy atom. The number of para-hydroxylation sites is 1. The standard InChI is InChI=1S/C11H17NO/c1-3-13-11-7-5-4-6-10(11)8-9(2)12/h4-7,9H,3,8,12H2,1-2H3/t9-/m0/s1. The number of rotatable bonds is 4. The van der Waals surface area contributed by atoms with Gasteiger partial charge in [-0.3, -0.25) is 0 Å². The SMILES string of the molecule is CCOc1ccccc1C[C@H](C)N. The second kappa shape index (κ2) is 4.87. The van der Waals surface area contributed by atoms with Crippen LogP contribution in [0.15, 0.2) is 24.3 Å². The molecule has 0 aromatic heterocycles. The molecule has 0 saturated heterocycles.